The van der Waals surface area contributed by atoms with Gasteiger partial charge in [0.2, 0.25) is 0 Å². The van der Waals surface area contributed by atoms with Gasteiger partial charge in [0.15, 0.2) is 0 Å². The lowest BCUT2D eigenvalue weighted by Crippen LogP contribution is -2.60. The molecule has 4 unspecified atom stereocenters. The second-order valence-corrected chi connectivity index (χ2v) is 4.53. The van der Waals surface area contributed by atoms with Gasteiger partial charge in [0.05, 0.1) is 0 Å². The first-order valence-electron chi connectivity index (χ1n) is 4.94. The zero-order chi connectivity index (χ0) is 8.18. The molecule has 4 rings (SSSR count). The second-order valence-electron chi connectivity index (χ2n) is 4.53. The summed E-state index contributed by atoms with van der Waals surface area (Å²) in [6.07, 6.45) is 13.0. The van der Waals surface area contributed by atoms with Crippen LogP contribution in [0, 0.1) is 17.3 Å². The number of hydrogen-bond donors (Lipinski definition) is 1. The normalized spacial score (nSPS) is 54.6. The Morgan fingerprint density at radius 1 is 1.25 bits per heavy atom. The van der Waals surface area contributed by atoms with Crippen molar-refractivity contribution < 1.29 is 0 Å². The Morgan fingerprint density at radius 2 is 2.17 bits per heavy atom. The minimum atomic E-state index is 0.387. The van der Waals surface area contributed by atoms with Gasteiger partial charge in [-0.1, -0.05) is 24.3 Å². The zero-order valence-electron chi connectivity index (χ0n) is 7.24. The Hall–Kier alpha value is -0.560. The van der Waals surface area contributed by atoms with Gasteiger partial charge < -0.3 is 5.73 Å². The average Bonchev–Trinajstić information content (AvgIpc) is 2.06. The van der Waals surface area contributed by atoms with E-state index in [9.17, 15) is 0 Å². The van der Waals surface area contributed by atoms with Crippen LogP contribution in [0.15, 0.2) is 24.3 Å². The van der Waals surface area contributed by atoms with E-state index in [4.69, 9.17) is 5.73 Å². The molecule has 0 amide bonds. The van der Waals surface area contributed by atoms with Gasteiger partial charge in [-0.3, -0.25) is 0 Å². The third kappa shape index (κ3) is 0.601. The van der Waals surface area contributed by atoms with Gasteiger partial charge in [0, 0.05) is 11.5 Å². The highest BCUT2D eigenvalue weighted by atomic mass is 14.8. The maximum Gasteiger partial charge on any atom is 0.0136 e. The highest BCUT2D eigenvalue weighted by Gasteiger charge is 2.57. The van der Waals surface area contributed by atoms with Crippen molar-refractivity contribution in [3.05, 3.63) is 24.3 Å². The summed E-state index contributed by atoms with van der Waals surface area (Å²) >= 11 is 0. The fourth-order valence-corrected chi connectivity index (χ4v) is 3.40. The van der Waals surface area contributed by atoms with E-state index in [0.29, 0.717) is 11.5 Å². The Kier molecular flexibility index (Phi) is 1.16. The molecular formula is C11H15N. The first-order valence-corrected chi connectivity index (χ1v) is 4.94. The molecule has 0 saturated heterocycles. The standard InChI is InChI=1S/C11H15N/c12-10-5-4-8-7-11(10)6-2-1-3-9(8)11/h1-3,6,8-10H,4-5,7,12H2. The van der Waals surface area contributed by atoms with E-state index < -0.39 is 0 Å². The molecule has 3 fully saturated rings. The van der Waals surface area contributed by atoms with Crippen molar-refractivity contribution in [3.63, 3.8) is 0 Å². The molecule has 0 aromatic heterocycles. The fraction of sp³-hybridized carbons (Fsp3) is 0.636. The molecule has 2 bridgehead atoms. The van der Waals surface area contributed by atoms with Crippen LogP contribution in [0.4, 0.5) is 0 Å². The molecule has 4 aliphatic carbocycles. The molecular weight excluding hydrogens is 146 g/mol. The molecule has 1 nitrogen and oxygen atoms in total. The summed E-state index contributed by atoms with van der Waals surface area (Å²) in [6, 6.07) is 0.425. The Labute approximate surface area is 73.3 Å². The molecule has 0 radical (unpaired) electrons. The van der Waals surface area contributed by atoms with Gasteiger partial charge in [-0.2, -0.15) is 0 Å². The second kappa shape index (κ2) is 2.02. The van der Waals surface area contributed by atoms with Crippen LogP contribution in [0.2, 0.25) is 0 Å². The third-order valence-corrected chi connectivity index (χ3v) is 4.12. The topological polar surface area (TPSA) is 26.0 Å². The van der Waals surface area contributed by atoms with Crippen molar-refractivity contribution in [3.8, 4) is 0 Å². The van der Waals surface area contributed by atoms with E-state index in [0.717, 1.165) is 11.8 Å². The Bertz CT molecular complexity index is 266. The molecule has 64 valence electrons. The lowest BCUT2D eigenvalue weighted by atomic mass is 9.44. The first kappa shape index (κ1) is 6.90. The predicted octanol–water partition coefficient (Wildman–Crippen LogP) is 1.86. The molecule has 4 atom stereocenters. The van der Waals surface area contributed by atoms with Crippen molar-refractivity contribution in [2.24, 2.45) is 23.0 Å². The maximum absolute atomic E-state index is 6.18. The van der Waals surface area contributed by atoms with Crippen LogP contribution >= 0.6 is 0 Å². The van der Waals surface area contributed by atoms with E-state index in [1.807, 2.05) is 0 Å². The van der Waals surface area contributed by atoms with Gasteiger partial charge in [-0.25, -0.2) is 0 Å². The summed E-state index contributed by atoms with van der Waals surface area (Å²) in [4.78, 5) is 0. The van der Waals surface area contributed by atoms with Crippen LogP contribution < -0.4 is 5.73 Å². The van der Waals surface area contributed by atoms with Crippen LogP contribution in [0.25, 0.3) is 0 Å². The molecule has 1 spiro atoms. The van der Waals surface area contributed by atoms with Crippen LogP contribution in [0.5, 0.6) is 0 Å². The zero-order valence-corrected chi connectivity index (χ0v) is 7.24. The number of allylic oxidation sites excluding steroid dienone is 3. The minimum Gasteiger partial charge on any atom is -0.327 e. The van der Waals surface area contributed by atoms with Crippen molar-refractivity contribution in [2.45, 2.75) is 25.3 Å². The molecule has 0 aromatic carbocycles. The van der Waals surface area contributed by atoms with Gasteiger partial charge >= 0.3 is 0 Å². The summed E-state index contributed by atoms with van der Waals surface area (Å²) in [7, 11) is 0. The van der Waals surface area contributed by atoms with Gasteiger partial charge in [0.1, 0.15) is 0 Å². The van der Waals surface area contributed by atoms with Crippen LogP contribution in [-0.2, 0) is 0 Å². The number of rotatable bonds is 0. The van der Waals surface area contributed by atoms with Crippen molar-refractivity contribution in [1.29, 1.82) is 0 Å². The summed E-state index contributed by atoms with van der Waals surface area (Å²) in [5.41, 5.74) is 6.56. The van der Waals surface area contributed by atoms with Crippen molar-refractivity contribution in [1.82, 2.24) is 0 Å². The molecule has 1 heteroatoms. The summed E-state index contributed by atoms with van der Waals surface area (Å²) in [5, 5.41) is 0. The average molecular weight is 161 g/mol. The Morgan fingerprint density at radius 3 is 2.92 bits per heavy atom. The largest absolute Gasteiger partial charge is 0.327 e. The molecule has 4 aliphatic rings. The smallest absolute Gasteiger partial charge is 0.0136 e. The first-order chi connectivity index (χ1) is 5.83. The van der Waals surface area contributed by atoms with Crippen LogP contribution in [-0.4, -0.2) is 6.04 Å². The summed E-state index contributed by atoms with van der Waals surface area (Å²) in [6.45, 7) is 0. The third-order valence-electron chi connectivity index (χ3n) is 4.12. The molecule has 3 saturated carbocycles. The molecule has 0 heterocycles. The summed E-state index contributed by atoms with van der Waals surface area (Å²) in [5.74, 6) is 1.73. The van der Waals surface area contributed by atoms with E-state index in [1.165, 1.54) is 19.3 Å². The van der Waals surface area contributed by atoms with E-state index in [2.05, 4.69) is 24.3 Å². The molecule has 0 aromatic rings. The van der Waals surface area contributed by atoms with Gasteiger partial charge in [0.25, 0.3) is 0 Å². The van der Waals surface area contributed by atoms with Gasteiger partial charge in [-0.15, -0.1) is 0 Å². The van der Waals surface area contributed by atoms with Crippen molar-refractivity contribution >= 4 is 0 Å². The van der Waals surface area contributed by atoms with E-state index in [1.54, 1.807) is 0 Å². The van der Waals surface area contributed by atoms with Crippen molar-refractivity contribution in [2.75, 3.05) is 0 Å². The number of nitrogens with two attached hydrogens (primary N) is 1. The minimum absolute atomic E-state index is 0.387. The lowest BCUT2D eigenvalue weighted by molar-refractivity contribution is -0.0402. The van der Waals surface area contributed by atoms with Gasteiger partial charge in [-0.05, 0) is 31.1 Å². The summed E-state index contributed by atoms with van der Waals surface area (Å²) < 4.78 is 0. The Balaban J connectivity index is 2.01. The maximum atomic E-state index is 6.18. The highest BCUT2D eigenvalue weighted by molar-refractivity contribution is 5.30. The number of hydrogen-bond acceptors (Lipinski definition) is 1. The monoisotopic (exact) mass is 161 g/mol. The molecule has 0 aliphatic heterocycles. The quantitative estimate of drug-likeness (QED) is 0.576. The van der Waals surface area contributed by atoms with E-state index in [-0.39, 0.29) is 0 Å². The van der Waals surface area contributed by atoms with Crippen LogP contribution in [0.1, 0.15) is 19.3 Å². The van der Waals surface area contributed by atoms with Crippen LogP contribution in [0.3, 0.4) is 0 Å². The molecule has 12 heavy (non-hydrogen) atoms. The fourth-order valence-electron chi connectivity index (χ4n) is 3.40. The number of fused-ring (bicyclic) bond motifs is 2. The molecule has 2 N–H and O–H groups in total. The highest BCUT2D eigenvalue weighted by Crippen LogP contribution is 2.61. The SMILES string of the molecule is NC1CCC2CC13C=CC=CC23. The predicted molar refractivity (Wildman–Crippen MR) is 49.5 cm³/mol. The van der Waals surface area contributed by atoms with E-state index >= 15 is 0 Å². The lowest BCUT2D eigenvalue weighted by Gasteiger charge is -2.61.